The third-order valence-corrected chi connectivity index (χ3v) is 8.51. The van der Waals surface area contributed by atoms with E-state index in [1.165, 1.54) is 0 Å². The molecule has 3 aromatic rings. The number of nitrogens with zero attached hydrogens (tertiary/aromatic N) is 1. The van der Waals surface area contributed by atoms with Crippen LogP contribution in [-0.2, 0) is 16.0 Å². The van der Waals surface area contributed by atoms with Crippen LogP contribution in [0.1, 0.15) is 57.2 Å². The summed E-state index contributed by atoms with van der Waals surface area (Å²) in [7, 11) is 0.563. The number of rotatable bonds is 8. The highest BCUT2D eigenvalue weighted by Gasteiger charge is 2.53. The van der Waals surface area contributed by atoms with Crippen molar-refractivity contribution in [2.45, 2.75) is 38.3 Å². The lowest BCUT2D eigenvalue weighted by Gasteiger charge is -2.47. The molecular weight excluding hydrogens is 521 g/mol. The van der Waals surface area contributed by atoms with Crippen molar-refractivity contribution >= 4 is 30.3 Å². The molecule has 8 nitrogen and oxygen atoms in total. The summed E-state index contributed by atoms with van der Waals surface area (Å²) in [6.45, 7) is 0.139. The molecule has 1 fully saturated rings. The van der Waals surface area contributed by atoms with Crippen LogP contribution in [0.2, 0.25) is 6.32 Å². The van der Waals surface area contributed by atoms with E-state index in [0.29, 0.717) is 48.5 Å². The number of carbonyl (C=O) groups is 2. The van der Waals surface area contributed by atoms with Crippen molar-refractivity contribution < 1.29 is 33.5 Å². The molecule has 41 heavy (non-hydrogen) atoms. The first kappa shape index (κ1) is 27.5. The van der Waals surface area contributed by atoms with Crippen LogP contribution < -0.4 is 0 Å². The number of methoxy groups -OCH3 is 1. The van der Waals surface area contributed by atoms with Crippen LogP contribution in [0.4, 0.5) is 0 Å². The molecule has 2 N–H and O–H groups in total. The average Bonchev–Trinajstić information content (AvgIpc) is 3.46. The van der Waals surface area contributed by atoms with Crippen LogP contribution in [0.25, 0.3) is 11.6 Å². The van der Waals surface area contributed by atoms with Gasteiger partial charge in [-0.25, -0.2) is 0 Å². The lowest BCUT2D eigenvalue weighted by molar-refractivity contribution is 0.0585. The summed E-state index contributed by atoms with van der Waals surface area (Å²) < 4.78 is 17.4. The molecule has 0 saturated carbocycles. The summed E-state index contributed by atoms with van der Waals surface area (Å²) in [5, 5.41) is 20.3. The number of Topliss-reactive ketones (excluding diaryl/α,β-unsaturated/α-hetero) is 2. The number of aliphatic hydroxyl groups excluding tert-OH is 1. The smallest absolute Gasteiger partial charge is 0.455 e. The maximum Gasteiger partial charge on any atom is 0.455 e. The lowest BCUT2D eigenvalue weighted by atomic mass is 9.54. The van der Waals surface area contributed by atoms with Gasteiger partial charge in [-0.2, -0.15) is 0 Å². The number of aliphatic hydroxyl groups is 1. The first-order chi connectivity index (χ1) is 20.0. The van der Waals surface area contributed by atoms with E-state index in [1.807, 2.05) is 24.3 Å². The van der Waals surface area contributed by atoms with E-state index in [2.05, 4.69) is 4.98 Å². The Morgan fingerprint density at radius 1 is 1.07 bits per heavy atom. The van der Waals surface area contributed by atoms with E-state index in [9.17, 15) is 19.7 Å². The summed E-state index contributed by atoms with van der Waals surface area (Å²) in [6, 6.07) is 16.3. The third-order valence-electron chi connectivity index (χ3n) is 8.51. The second-order valence-electron chi connectivity index (χ2n) is 10.9. The van der Waals surface area contributed by atoms with Gasteiger partial charge in [0.1, 0.15) is 18.1 Å². The number of ether oxygens (including phenoxy) is 1. The van der Waals surface area contributed by atoms with Crippen LogP contribution in [0.15, 0.2) is 76.4 Å². The Morgan fingerprint density at radius 3 is 2.56 bits per heavy atom. The molecule has 3 aliphatic rings. The Bertz CT molecular complexity index is 1510. The molecule has 0 amide bonds. The molecule has 4 atom stereocenters. The minimum Gasteiger partial charge on any atom is -0.459 e. The number of furan rings is 1. The SMILES string of the molecule is COCC1=C2[C@@H](CC/C(=C/c3ccc(CO)o3)c3ccccn3)OB(O)C[C@@H]2[C@@H]2C(=O)c3ccccc3C(=O)[C@@H]2C1. The van der Waals surface area contributed by atoms with Gasteiger partial charge < -0.3 is 23.9 Å². The topological polar surface area (TPSA) is 119 Å². The highest BCUT2D eigenvalue weighted by Crippen LogP contribution is 2.51. The molecule has 0 bridgehead atoms. The van der Waals surface area contributed by atoms with Gasteiger partial charge in [0.2, 0.25) is 0 Å². The number of benzene rings is 1. The number of carbonyl (C=O) groups excluding carboxylic acids is 2. The maximum atomic E-state index is 13.8. The van der Waals surface area contributed by atoms with E-state index >= 15 is 0 Å². The van der Waals surface area contributed by atoms with Crippen molar-refractivity contribution in [1.29, 1.82) is 0 Å². The average molecular weight is 553 g/mol. The zero-order chi connectivity index (χ0) is 28.5. The number of hydrogen-bond donors (Lipinski definition) is 2. The number of hydrogen-bond acceptors (Lipinski definition) is 8. The second kappa shape index (κ2) is 11.7. The fourth-order valence-electron chi connectivity index (χ4n) is 6.82. The number of allylic oxidation sites excluding steroid dienone is 1. The molecule has 1 saturated heterocycles. The molecule has 0 unspecified atom stereocenters. The van der Waals surface area contributed by atoms with Gasteiger partial charge in [0.05, 0.1) is 18.4 Å². The first-order valence-corrected chi connectivity index (χ1v) is 14.0. The van der Waals surface area contributed by atoms with Crippen LogP contribution in [0, 0.1) is 17.8 Å². The Morgan fingerprint density at radius 2 is 1.85 bits per heavy atom. The van der Waals surface area contributed by atoms with Gasteiger partial charge in [-0.05, 0) is 78.6 Å². The van der Waals surface area contributed by atoms with Gasteiger partial charge in [0.25, 0.3) is 0 Å². The highest BCUT2D eigenvalue weighted by molar-refractivity contribution is 6.43. The molecule has 3 heterocycles. The lowest BCUT2D eigenvalue weighted by Crippen LogP contribution is -2.51. The molecule has 1 aliphatic heterocycles. The van der Waals surface area contributed by atoms with Crippen LogP contribution in [0.3, 0.4) is 0 Å². The van der Waals surface area contributed by atoms with Crippen molar-refractivity contribution in [3.8, 4) is 0 Å². The van der Waals surface area contributed by atoms with Gasteiger partial charge in [0, 0.05) is 36.3 Å². The molecule has 6 rings (SSSR count). The van der Waals surface area contributed by atoms with Crippen molar-refractivity contribution in [3.63, 3.8) is 0 Å². The summed E-state index contributed by atoms with van der Waals surface area (Å²) in [6.07, 6.45) is 4.91. The zero-order valence-corrected chi connectivity index (χ0v) is 22.9. The minimum atomic E-state index is -1.06. The fourth-order valence-corrected chi connectivity index (χ4v) is 6.82. The van der Waals surface area contributed by atoms with Crippen molar-refractivity contribution in [2.75, 3.05) is 13.7 Å². The van der Waals surface area contributed by atoms with E-state index in [1.54, 1.807) is 49.7 Å². The molecule has 9 heteroatoms. The monoisotopic (exact) mass is 553 g/mol. The predicted octanol–water partition coefficient (Wildman–Crippen LogP) is 4.64. The van der Waals surface area contributed by atoms with Gasteiger partial charge >= 0.3 is 7.12 Å². The fraction of sp³-hybridized carbons (Fsp3) is 0.344. The predicted molar refractivity (Wildman–Crippen MR) is 153 cm³/mol. The largest absolute Gasteiger partial charge is 0.459 e. The highest BCUT2D eigenvalue weighted by atomic mass is 16.5. The molecule has 0 radical (unpaired) electrons. The maximum absolute atomic E-state index is 13.8. The standard InChI is InChI=1S/C32H32BNO7/c1-39-18-20-15-25-30(32(37)24-7-3-2-6-23(24)31(25)36)26-16-33(38)41-28(29(20)26)12-9-19(27-8-4-5-13-34-27)14-21-10-11-22(17-35)40-21/h2-8,10-11,13-14,25-26,28,30,35,38H,9,12,15-18H2,1H3/b19-14-/t25-,26+,28-,30-/m1/s1. The van der Waals surface area contributed by atoms with Gasteiger partial charge in [-0.1, -0.05) is 30.3 Å². The second-order valence-corrected chi connectivity index (χ2v) is 10.9. The molecule has 2 aromatic heterocycles. The summed E-state index contributed by atoms with van der Waals surface area (Å²) >= 11 is 0. The van der Waals surface area contributed by atoms with Crippen molar-refractivity contribution in [2.24, 2.45) is 17.8 Å². The number of ketones is 2. The number of pyridine rings is 1. The first-order valence-electron chi connectivity index (χ1n) is 14.0. The molecule has 2 aliphatic carbocycles. The molecular formula is C32H32BNO7. The zero-order valence-electron chi connectivity index (χ0n) is 22.9. The van der Waals surface area contributed by atoms with E-state index in [4.69, 9.17) is 13.8 Å². The van der Waals surface area contributed by atoms with Crippen LogP contribution in [-0.4, -0.2) is 53.6 Å². The van der Waals surface area contributed by atoms with Crippen molar-refractivity contribution in [1.82, 2.24) is 4.98 Å². The summed E-state index contributed by atoms with van der Waals surface area (Å²) in [5.74, 6) is -0.331. The minimum absolute atomic E-state index is 0.0172. The third kappa shape index (κ3) is 5.26. The van der Waals surface area contributed by atoms with Gasteiger partial charge in [-0.15, -0.1) is 0 Å². The molecule has 1 aromatic carbocycles. The van der Waals surface area contributed by atoms with Crippen molar-refractivity contribution in [3.05, 3.63) is 100 Å². The molecule has 210 valence electrons. The Labute approximate surface area is 238 Å². The number of fused-ring (bicyclic) bond motifs is 4. The quantitative estimate of drug-likeness (QED) is 0.306. The Kier molecular flexibility index (Phi) is 7.86. The normalized spacial score (nSPS) is 24.3. The van der Waals surface area contributed by atoms with Crippen LogP contribution >= 0.6 is 0 Å². The van der Waals surface area contributed by atoms with Gasteiger partial charge in [-0.3, -0.25) is 14.6 Å². The van der Waals surface area contributed by atoms with Gasteiger partial charge in [0.15, 0.2) is 11.6 Å². The Hall–Kier alpha value is -3.63. The summed E-state index contributed by atoms with van der Waals surface area (Å²) in [4.78, 5) is 32.0. The summed E-state index contributed by atoms with van der Waals surface area (Å²) in [5.41, 5.74) is 4.58. The van der Waals surface area contributed by atoms with E-state index in [0.717, 1.165) is 22.4 Å². The molecule has 0 spiro atoms. The number of aromatic nitrogens is 1. The van der Waals surface area contributed by atoms with E-state index in [-0.39, 0.29) is 30.4 Å². The van der Waals surface area contributed by atoms with E-state index < -0.39 is 25.1 Å². The Balaban J connectivity index is 1.35. The van der Waals surface area contributed by atoms with Crippen LogP contribution in [0.5, 0.6) is 0 Å².